The molecule has 1 heterocycles. The maximum atomic E-state index is 14.3. The Bertz CT molecular complexity index is 1180. The Balaban J connectivity index is 1.65. The van der Waals surface area contributed by atoms with Crippen molar-refractivity contribution in [2.24, 2.45) is 0 Å². The van der Waals surface area contributed by atoms with Crippen LogP contribution in [0.15, 0.2) is 72.8 Å². The number of nitrogens with zero attached hydrogens (tertiary/aromatic N) is 2. The number of nitrogens with one attached hydrogen (secondary N) is 1. The molecule has 0 aliphatic rings. The van der Waals surface area contributed by atoms with Gasteiger partial charge in [0.1, 0.15) is 17.4 Å². The molecule has 6 heteroatoms. The van der Waals surface area contributed by atoms with Crippen molar-refractivity contribution in [3.05, 3.63) is 95.6 Å². The Hall–Kier alpha value is -3.67. The molecule has 152 valence electrons. The fourth-order valence-corrected chi connectivity index (χ4v) is 3.47. The predicted molar refractivity (Wildman–Crippen MR) is 114 cm³/mol. The molecule has 0 saturated heterocycles. The van der Waals surface area contributed by atoms with Gasteiger partial charge in [-0.15, -0.1) is 0 Å². The average Bonchev–Trinajstić information content (AvgIpc) is 3.14. The normalized spacial score (nSPS) is 12.0. The highest BCUT2D eigenvalue weighted by Gasteiger charge is 2.20. The molecule has 3 aromatic carbocycles. The molecule has 0 fully saturated rings. The van der Waals surface area contributed by atoms with Crippen molar-refractivity contribution in [1.82, 2.24) is 14.9 Å². The Morgan fingerprint density at radius 2 is 1.77 bits per heavy atom. The van der Waals surface area contributed by atoms with Crippen LogP contribution in [0, 0.1) is 5.82 Å². The van der Waals surface area contributed by atoms with E-state index >= 15 is 0 Å². The molecular formula is C24H22FN3O2. The van der Waals surface area contributed by atoms with E-state index in [9.17, 15) is 9.18 Å². The maximum absolute atomic E-state index is 14.3. The number of halogens is 1. The van der Waals surface area contributed by atoms with Gasteiger partial charge in [-0.2, -0.15) is 0 Å². The largest absolute Gasteiger partial charge is 0.497 e. The molecule has 5 nitrogen and oxygen atoms in total. The third-order valence-corrected chi connectivity index (χ3v) is 5.06. The number of rotatable bonds is 6. The number of carbonyl (C=O) groups is 1. The molecule has 4 aromatic rings. The van der Waals surface area contributed by atoms with E-state index in [1.807, 2.05) is 41.8 Å². The quantitative estimate of drug-likeness (QED) is 0.507. The van der Waals surface area contributed by atoms with Crippen LogP contribution in [0.25, 0.3) is 11.0 Å². The zero-order valence-electron chi connectivity index (χ0n) is 16.8. The number of carbonyl (C=O) groups excluding carboxylic acids is 1. The predicted octanol–water partition coefficient (Wildman–Crippen LogP) is 4.72. The van der Waals surface area contributed by atoms with Gasteiger partial charge < -0.3 is 14.6 Å². The fraction of sp³-hybridized carbons (Fsp3) is 0.167. The van der Waals surface area contributed by atoms with Crippen LogP contribution < -0.4 is 10.1 Å². The van der Waals surface area contributed by atoms with Crippen LogP contribution in [0.2, 0.25) is 0 Å². The summed E-state index contributed by atoms with van der Waals surface area (Å²) in [6.07, 6.45) is 0. The standard InChI is InChI=1S/C24H22FN3O2/c1-16(26-24(29)17-11-13-19(30-2)14-12-17)23-27-21-9-5-6-10-22(21)28(23)15-18-7-3-4-8-20(18)25/h3-14,16H,15H2,1-2H3,(H,26,29). The number of fused-ring (bicyclic) bond motifs is 1. The van der Waals surface area contributed by atoms with Gasteiger partial charge in [0.15, 0.2) is 0 Å². The number of methoxy groups -OCH3 is 1. The Morgan fingerprint density at radius 3 is 2.50 bits per heavy atom. The third kappa shape index (κ3) is 3.89. The summed E-state index contributed by atoms with van der Waals surface area (Å²) in [6.45, 7) is 2.20. The Morgan fingerprint density at radius 1 is 1.07 bits per heavy atom. The molecule has 1 aromatic heterocycles. The maximum Gasteiger partial charge on any atom is 0.251 e. The van der Waals surface area contributed by atoms with Gasteiger partial charge in [-0.3, -0.25) is 4.79 Å². The molecule has 1 unspecified atom stereocenters. The average molecular weight is 403 g/mol. The number of benzene rings is 3. The van der Waals surface area contributed by atoms with Crippen LogP contribution in [-0.4, -0.2) is 22.6 Å². The molecule has 0 bridgehead atoms. The Kier molecular flexibility index (Phi) is 5.48. The minimum atomic E-state index is -0.376. The van der Waals surface area contributed by atoms with Crippen LogP contribution in [0.3, 0.4) is 0 Å². The van der Waals surface area contributed by atoms with Crippen LogP contribution in [-0.2, 0) is 6.54 Å². The molecule has 1 atom stereocenters. The molecule has 30 heavy (non-hydrogen) atoms. The van der Waals surface area contributed by atoms with E-state index in [-0.39, 0.29) is 17.8 Å². The lowest BCUT2D eigenvalue weighted by molar-refractivity contribution is 0.0937. The van der Waals surface area contributed by atoms with Crippen molar-refractivity contribution in [3.8, 4) is 5.75 Å². The molecule has 0 spiro atoms. The van der Waals surface area contributed by atoms with E-state index in [4.69, 9.17) is 9.72 Å². The highest BCUT2D eigenvalue weighted by Crippen LogP contribution is 2.23. The summed E-state index contributed by atoms with van der Waals surface area (Å²) >= 11 is 0. The van der Waals surface area contributed by atoms with Gasteiger partial charge in [0.25, 0.3) is 5.91 Å². The number of imidazole rings is 1. The minimum absolute atomic E-state index is 0.213. The van der Waals surface area contributed by atoms with Gasteiger partial charge in [-0.05, 0) is 49.4 Å². The smallest absolute Gasteiger partial charge is 0.251 e. The van der Waals surface area contributed by atoms with E-state index in [1.54, 1.807) is 43.5 Å². The lowest BCUT2D eigenvalue weighted by atomic mass is 10.1. The molecule has 0 radical (unpaired) electrons. The van der Waals surface area contributed by atoms with E-state index in [0.717, 1.165) is 11.0 Å². The molecule has 0 aliphatic carbocycles. The second-order valence-electron chi connectivity index (χ2n) is 7.06. The van der Waals surface area contributed by atoms with Crippen LogP contribution in [0.5, 0.6) is 5.75 Å². The van der Waals surface area contributed by atoms with Gasteiger partial charge >= 0.3 is 0 Å². The summed E-state index contributed by atoms with van der Waals surface area (Å²) in [7, 11) is 1.58. The first-order valence-electron chi connectivity index (χ1n) is 9.70. The van der Waals surface area contributed by atoms with Crippen molar-refractivity contribution in [2.45, 2.75) is 19.5 Å². The van der Waals surface area contributed by atoms with Gasteiger partial charge in [0.05, 0.1) is 30.7 Å². The first-order chi connectivity index (χ1) is 14.6. The monoisotopic (exact) mass is 403 g/mol. The summed E-state index contributed by atoms with van der Waals surface area (Å²) in [5, 5.41) is 2.99. The Labute approximate surface area is 174 Å². The van der Waals surface area contributed by atoms with Crippen molar-refractivity contribution in [2.75, 3.05) is 7.11 Å². The number of hydrogen-bond acceptors (Lipinski definition) is 3. The van der Waals surface area contributed by atoms with E-state index in [2.05, 4.69) is 5.32 Å². The van der Waals surface area contributed by atoms with Crippen molar-refractivity contribution < 1.29 is 13.9 Å². The molecule has 4 rings (SSSR count). The summed E-state index contributed by atoms with van der Waals surface area (Å²) in [6, 6.07) is 20.9. The molecular weight excluding hydrogens is 381 g/mol. The summed E-state index contributed by atoms with van der Waals surface area (Å²) < 4.78 is 21.4. The lowest BCUT2D eigenvalue weighted by Crippen LogP contribution is -2.28. The van der Waals surface area contributed by atoms with Crippen LogP contribution >= 0.6 is 0 Å². The third-order valence-electron chi connectivity index (χ3n) is 5.06. The van der Waals surface area contributed by atoms with Gasteiger partial charge in [-0.1, -0.05) is 30.3 Å². The number of aromatic nitrogens is 2. The fourth-order valence-electron chi connectivity index (χ4n) is 3.47. The first kappa shape index (κ1) is 19.6. The number of para-hydroxylation sites is 2. The second kappa shape index (κ2) is 8.37. The molecule has 0 saturated carbocycles. The van der Waals surface area contributed by atoms with E-state index in [1.165, 1.54) is 6.07 Å². The lowest BCUT2D eigenvalue weighted by Gasteiger charge is -2.17. The number of amides is 1. The zero-order valence-corrected chi connectivity index (χ0v) is 16.8. The highest BCUT2D eigenvalue weighted by atomic mass is 19.1. The zero-order chi connectivity index (χ0) is 21.1. The van der Waals surface area contributed by atoms with E-state index < -0.39 is 0 Å². The molecule has 1 amide bonds. The second-order valence-corrected chi connectivity index (χ2v) is 7.06. The minimum Gasteiger partial charge on any atom is -0.497 e. The number of hydrogen-bond donors (Lipinski definition) is 1. The summed E-state index contributed by atoms with van der Waals surface area (Å²) in [4.78, 5) is 17.4. The van der Waals surface area contributed by atoms with Gasteiger partial charge in [0.2, 0.25) is 0 Å². The van der Waals surface area contributed by atoms with Crippen molar-refractivity contribution in [3.63, 3.8) is 0 Å². The summed E-state index contributed by atoms with van der Waals surface area (Å²) in [5.74, 6) is 0.874. The first-order valence-corrected chi connectivity index (χ1v) is 9.70. The SMILES string of the molecule is COc1ccc(C(=O)NC(C)c2nc3ccccc3n2Cc2ccccc2F)cc1. The van der Waals surface area contributed by atoms with Crippen molar-refractivity contribution >= 4 is 16.9 Å². The molecule has 0 aliphatic heterocycles. The number of ether oxygens (including phenoxy) is 1. The van der Waals surface area contributed by atoms with Crippen molar-refractivity contribution in [1.29, 1.82) is 0 Å². The van der Waals surface area contributed by atoms with E-state index in [0.29, 0.717) is 29.2 Å². The van der Waals surface area contributed by atoms with Crippen LogP contribution in [0.4, 0.5) is 4.39 Å². The van der Waals surface area contributed by atoms with Crippen LogP contribution in [0.1, 0.15) is 34.7 Å². The topological polar surface area (TPSA) is 56.1 Å². The molecule has 1 N–H and O–H groups in total. The van der Waals surface area contributed by atoms with Gasteiger partial charge in [0, 0.05) is 11.1 Å². The van der Waals surface area contributed by atoms with Gasteiger partial charge in [-0.25, -0.2) is 9.37 Å². The summed E-state index contributed by atoms with van der Waals surface area (Å²) in [5.41, 5.74) is 2.78. The highest BCUT2D eigenvalue weighted by molar-refractivity contribution is 5.94.